The van der Waals surface area contributed by atoms with Crippen molar-refractivity contribution in [1.29, 1.82) is 0 Å². The van der Waals surface area contributed by atoms with Crippen molar-refractivity contribution in [2.45, 2.75) is 26.7 Å². The highest BCUT2D eigenvalue weighted by atomic mass is 16.5. The summed E-state index contributed by atoms with van der Waals surface area (Å²) >= 11 is 0. The van der Waals surface area contributed by atoms with E-state index < -0.39 is 6.09 Å². The molecule has 94 valence electrons. The van der Waals surface area contributed by atoms with Gasteiger partial charge in [-0.3, -0.25) is 5.32 Å². The van der Waals surface area contributed by atoms with E-state index >= 15 is 0 Å². The Bertz CT molecular complexity index is 377. The van der Waals surface area contributed by atoms with Crippen LogP contribution in [0.25, 0.3) is 0 Å². The Hall–Kier alpha value is -1.71. The normalized spacial score (nSPS) is 9.82. The Labute approximate surface area is 102 Å². The monoisotopic (exact) mass is 237 g/mol. The SMILES string of the molecule is CCCCOC(=O)Nc1cc(C)ccc1OC. The van der Waals surface area contributed by atoms with Gasteiger partial charge in [0.15, 0.2) is 0 Å². The first-order chi connectivity index (χ1) is 8.17. The van der Waals surface area contributed by atoms with Gasteiger partial charge >= 0.3 is 6.09 Å². The van der Waals surface area contributed by atoms with E-state index in [9.17, 15) is 4.79 Å². The predicted molar refractivity (Wildman–Crippen MR) is 67.6 cm³/mol. The van der Waals surface area contributed by atoms with Gasteiger partial charge in [-0.2, -0.15) is 0 Å². The van der Waals surface area contributed by atoms with Gasteiger partial charge in [-0.25, -0.2) is 4.79 Å². The third-order valence-corrected chi connectivity index (χ3v) is 2.32. The zero-order chi connectivity index (χ0) is 12.7. The Kier molecular flexibility index (Phi) is 5.33. The fourth-order valence-electron chi connectivity index (χ4n) is 1.37. The lowest BCUT2D eigenvalue weighted by atomic mass is 10.2. The number of nitrogens with one attached hydrogen (secondary N) is 1. The molecule has 4 nitrogen and oxygen atoms in total. The topological polar surface area (TPSA) is 47.6 Å². The molecule has 0 spiro atoms. The number of carbonyl (C=O) groups is 1. The van der Waals surface area contributed by atoms with Gasteiger partial charge in [0.1, 0.15) is 5.75 Å². The molecule has 1 aromatic carbocycles. The molecule has 0 atom stereocenters. The second-order valence-electron chi connectivity index (χ2n) is 3.82. The molecular formula is C13H19NO3. The lowest BCUT2D eigenvalue weighted by Crippen LogP contribution is -2.15. The molecule has 1 N–H and O–H groups in total. The standard InChI is InChI=1S/C13H19NO3/c1-4-5-8-17-13(15)14-11-9-10(2)6-7-12(11)16-3/h6-7,9H,4-5,8H2,1-3H3,(H,14,15). The summed E-state index contributed by atoms with van der Waals surface area (Å²) in [6.45, 7) is 4.44. The molecule has 0 aromatic heterocycles. The van der Waals surface area contributed by atoms with Gasteiger partial charge in [-0.05, 0) is 31.0 Å². The van der Waals surface area contributed by atoms with Crippen LogP contribution in [0.15, 0.2) is 18.2 Å². The summed E-state index contributed by atoms with van der Waals surface area (Å²) in [5.74, 6) is 0.628. The van der Waals surface area contributed by atoms with Crippen LogP contribution < -0.4 is 10.1 Å². The molecule has 0 saturated heterocycles. The first-order valence-electron chi connectivity index (χ1n) is 5.75. The molecule has 17 heavy (non-hydrogen) atoms. The Morgan fingerprint density at radius 2 is 2.18 bits per heavy atom. The van der Waals surface area contributed by atoms with Gasteiger partial charge in [0.2, 0.25) is 0 Å². The van der Waals surface area contributed by atoms with Gasteiger partial charge in [-0.1, -0.05) is 19.4 Å². The van der Waals surface area contributed by atoms with E-state index in [1.165, 1.54) is 0 Å². The Morgan fingerprint density at radius 3 is 2.82 bits per heavy atom. The Morgan fingerprint density at radius 1 is 1.41 bits per heavy atom. The fraction of sp³-hybridized carbons (Fsp3) is 0.462. The Balaban J connectivity index is 2.60. The molecule has 0 aliphatic rings. The van der Waals surface area contributed by atoms with Crippen LogP contribution in [0.5, 0.6) is 5.75 Å². The van der Waals surface area contributed by atoms with Gasteiger partial charge in [0, 0.05) is 0 Å². The quantitative estimate of drug-likeness (QED) is 0.799. The van der Waals surface area contributed by atoms with Crippen molar-refractivity contribution in [2.24, 2.45) is 0 Å². The molecule has 0 aliphatic heterocycles. The molecule has 4 heteroatoms. The van der Waals surface area contributed by atoms with Crippen LogP contribution in [0.2, 0.25) is 0 Å². The molecule has 0 aliphatic carbocycles. The lowest BCUT2D eigenvalue weighted by molar-refractivity contribution is 0.160. The maximum absolute atomic E-state index is 11.5. The highest BCUT2D eigenvalue weighted by Gasteiger charge is 2.08. The van der Waals surface area contributed by atoms with Crippen molar-refractivity contribution < 1.29 is 14.3 Å². The molecular weight excluding hydrogens is 218 g/mol. The minimum Gasteiger partial charge on any atom is -0.495 e. The summed E-state index contributed by atoms with van der Waals surface area (Å²) in [6, 6.07) is 5.59. The van der Waals surface area contributed by atoms with Crippen LogP contribution in [0.1, 0.15) is 25.3 Å². The number of rotatable bonds is 5. The molecule has 0 bridgehead atoms. The number of anilines is 1. The summed E-state index contributed by atoms with van der Waals surface area (Å²) in [6.07, 6.45) is 1.43. The zero-order valence-electron chi connectivity index (χ0n) is 10.6. The molecule has 0 fully saturated rings. The summed E-state index contributed by atoms with van der Waals surface area (Å²) < 4.78 is 10.2. The largest absolute Gasteiger partial charge is 0.495 e. The summed E-state index contributed by atoms with van der Waals surface area (Å²) in [5, 5.41) is 2.68. The number of carbonyl (C=O) groups excluding carboxylic acids is 1. The number of hydrogen-bond donors (Lipinski definition) is 1. The van der Waals surface area contributed by atoms with Crippen molar-refractivity contribution in [3.05, 3.63) is 23.8 Å². The van der Waals surface area contributed by atoms with Crippen LogP contribution in [0.3, 0.4) is 0 Å². The second kappa shape index (κ2) is 6.78. The van der Waals surface area contributed by atoms with Crippen LogP contribution in [-0.2, 0) is 4.74 Å². The molecule has 0 radical (unpaired) electrons. The van der Waals surface area contributed by atoms with Crippen molar-refractivity contribution in [1.82, 2.24) is 0 Å². The average molecular weight is 237 g/mol. The van der Waals surface area contributed by atoms with E-state index in [1.807, 2.05) is 32.0 Å². The highest BCUT2D eigenvalue weighted by molar-refractivity contribution is 5.86. The molecule has 0 saturated carbocycles. The van der Waals surface area contributed by atoms with Crippen LogP contribution in [0, 0.1) is 6.92 Å². The van der Waals surface area contributed by atoms with Gasteiger partial charge in [0.05, 0.1) is 19.4 Å². The number of ether oxygens (including phenoxy) is 2. The van der Waals surface area contributed by atoms with E-state index in [-0.39, 0.29) is 0 Å². The van der Waals surface area contributed by atoms with E-state index in [1.54, 1.807) is 7.11 Å². The maximum Gasteiger partial charge on any atom is 0.411 e. The molecule has 0 unspecified atom stereocenters. The smallest absolute Gasteiger partial charge is 0.411 e. The number of amides is 1. The average Bonchev–Trinajstić information content (AvgIpc) is 2.29. The number of benzene rings is 1. The first kappa shape index (κ1) is 13.4. The van der Waals surface area contributed by atoms with Gasteiger partial charge in [0.25, 0.3) is 0 Å². The minimum atomic E-state index is -0.442. The van der Waals surface area contributed by atoms with Crippen molar-refractivity contribution in [3.8, 4) is 5.75 Å². The molecule has 1 aromatic rings. The third kappa shape index (κ3) is 4.34. The van der Waals surface area contributed by atoms with Crippen molar-refractivity contribution in [3.63, 3.8) is 0 Å². The zero-order valence-corrected chi connectivity index (χ0v) is 10.6. The summed E-state index contributed by atoms with van der Waals surface area (Å²) in [4.78, 5) is 11.5. The molecule has 1 amide bonds. The van der Waals surface area contributed by atoms with Crippen molar-refractivity contribution >= 4 is 11.8 Å². The third-order valence-electron chi connectivity index (χ3n) is 2.32. The van der Waals surface area contributed by atoms with E-state index in [4.69, 9.17) is 9.47 Å². The predicted octanol–water partition coefficient (Wildman–Crippen LogP) is 3.35. The van der Waals surface area contributed by atoms with E-state index in [0.717, 1.165) is 18.4 Å². The van der Waals surface area contributed by atoms with Crippen LogP contribution in [0.4, 0.5) is 10.5 Å². The van der Waals surface area contributed by atoms with Gasteiger partial charge in [-0.15, -0.1) is 0 Å². The van der Waals surface area contributed by atoms with Crippen LogP contribution in [-0.4, -0.2) is 19.8 Å². The number of methoxy groups -OCH3 is 1. The number of aryl methyl sites for hydroxylation is 1. The summed E-state index contributed by atoms with van der Waals surface area (Å²) in [5.41, 5.74) is 1.68. The van der Waals surface area contributed by atoms with E-state index in [0.29, 0.717) is 18.0 Å². The second-order valence-corrected chi connectivity index (χ2v) is 3.82. The minimum absolute atomic E-state index is 0.441. The van der Waals surface area contributed by atoms with Crippen LogP contribution >= 0.6 is 0 Å². The maximum atomic E-state index is 11.5. The van der Waals surface area contributed by atoms with E-state index in [2.05, 4.69) is 5.32 Å². The first-order valence-corrected chi connectivity index (χ1v) is 5.75. The number of unbranched alkanes of at least 4 members (excludes halogenated alkanes) is 1. The van der Waals surface area contributed by atoms with Crippen molar-refractivity contribution in [2.75, 3.05) is 19.0 Å². The van der Waals surface area contributed by atoms with Gasteiger partial charge < -0.3 is 9.47 Å². The highest BCUT2D eigenvalue weighted by Crippen LogP contribution is 2.25. The molecule has 0 heterocycles. The summed E-state index contributed by atoms with van der Waals surface area (Å²) in [7, 11) is 1.57. The lowest BCUT2D eigenvalue weighted by Gasteiger charge is -2.11. The number of hydrogen-bond acceptors (Lipinski definition) is 3. The molecule has 1 rings (SSSR count). The fourth-order valence-corrected chi connectivity index (χ4v) is 1.37.